The first-order chi connectivity index (χ1) is 7.59. The van der Waals surface area contributed by atoms with Crippen LogP contribution in [0.2, 0.25) is 0 Å². The summed E-state index contributed by atoms with van der Waals surface area (Å²) < 4.78 is 0. The van der Waals surface area contributed by atoms with Gasteiger partial charge in [0.05, 0.1) is 0 Å². The average Bonchev–Trinajstić information content (AvgIpc) is 2.21. The minimum atomic E-state index is -1.23. The van der Waals surface area contributed by atoms with Crippen LogP contribution in [0, 0.1) is 5.92 Å². The van der Waals surface area contributed by atoms with Gasteiger partial charge in [-0.1, -0.05) is 51.9 Å². The predicted molar refractivity (Wildman–Crippen MR) is 62.5 cm³/mol. The summed E-state index contributed by atoms with van der Waals surface area (Å²) in [5.74, 6) is -3.67. The van der Waals surface area contributed by atoms with Crippen molar-refractivity contribution in [3.8, 4) is 0 Å². The van der Waals surface area contributed by atoms with Gasteiger partial charge in [-0.25, -0.2) is 0 Å². The number of hydrogen-bond donors (Lipinski definition) is 2. The number of unbranched alkanes of at least 4 members (excludes halogenated alkanes) is 6. The van der Waals surface area contributed by atoms with Gasteiger partial charge in [-0.3, -0.25) is 9.59 Å². The number of carboxylic acids is 2. The molecular weight excluding hydrogens is 231 g/mol. The van der Waals surface area contributed by atoms with Crippen molar-refractivity contribution >= 4 is 11.9 Å². The van der Waals surface area contributed by atoms with Gasteiger partial charge in [-0.05, 0) is 6.42 Å². The zero-order valence-corrected chi connectivity index (χ0v) is 12.9. The normalized spacial score (nSPS) is 10.0. The molecule has 96 valence electrons. The molecule has 0 amide bonds. The molecule has 5 heteroatoms. The third-order valence-corrected chi connectivity index (χ3v) is 2.69. The van der Waals surface area contributed by atoms with Crippen LogP contribution in [0.1, 0.15) is 59.7 Å². The van der Waals surface area contributed by atoms with Crippen LogP contribution >= 0.6 is 0 Å². The van der Waals surface area contributed by atoms with Gasteiger partial charge in [0.1, 0.15) is 0 Å². The third-order valence-electron chi connectivity index (χ3n) is 2.69. The third kappa shape index (κ3) is 10.8. The molecule has 0 aliphatic heterocycles. The van der Waals surface area contributed by atoms with Crippen LogP contribution in [-0.4, -0.2) is 22.2 Å². The number of hydrogen-bond acceptors (Lipinski definition) is 2. The van der Waals surface area contributed by atoms with E-state index in [0.717, 1.165) is 12.8 Å². The molecule has 0 radical (unpaired) electrons. The van der Waals surface area contributed by atoms with Gasteiger partial charge in [-0.15, -0.1) is 0 Å². The van der Waals surface area contributed by atoms with E-state index in [0.29, 0.717) is 6.42 Å². The molecule has 0 atom stereocenters. The van der Waals surface area contributed by atoms with Gasteiger partial charge in [0.2, 0.25) is 0 Å². The quantitative estimate of drug-likeness (QED) is 0.328. The van der Waals surface area contributed by atoms with Crippen molar-refractivity contribution in [2.75, 3.05) is 0 Å². The van der Waals surface area contributed by atoms with Crippen LogP contribution in [0.3, 0.4) is 0 Å². The van der Waals surface area contributed by atoms with Crippen molar-refractivity contribution in [3.63, 3.8) is 0 Å². The summed E-state index contributed by atoms with van der Waals surface area (Å²) in [5, 5.41) is 17.3. The fourth-order valence-corrected chi connectivity index (χ4v) is 1.66. The van der Waals surface area contributed by atoms with E-state index < -0.39 is 17.9 Å². The molecule has 0 aromatic carbocycles. The Balaban J connectivity index is -0.00000112. The van der Waals surface area contributed by atoms with Crippen LogP contribution in [-0.2, 0) is 9.59 Å². The van der Waals surface area contributed by atoms with Crippen molar-refractivity contribution in [2.24, 2.45) is 5.92 Å². The van der Waals surface area contributed by atoms with Crippen LogP contribution in [0.4, 0.5) is 0 Å². The standard InChI is InChI=1S/C12H22O4.Na.H/c1-2-3-4-5-6-7-8-9-10(11(13)14)12(15)16;;/h10H,2-9H2,1H3,(H,13,14)(H,15,16);;/q;+1;-1. The summed E-state index contributed by atoms with van der Waals surface area (Å²) in [4.78, 5) is 21.1. The summed E-state index contributed by atoms with van der Waals surface area (Å²) in [5.41, 5.74) is 0. The van der Waals surface area contributed by atoms with E-state index in [-0.39, 0.29) is 37.4 Å². The number of carboxylic acid groups (broad SMARTS) is 2. The maximum Gasteiger partial charge on any atom is 1.00 e. The second kappa shape index (κ2) is 12.4. The van der Waals surface area contributed by atoms with Gasteiger partial charge >= 0.3 is 41.5 Å². The Hall–Kier alpha value is -0.0600. The monoisotopic (exact) mass is 254 g/mol. The molecule has 0 unspecified atom stereocenters. The maximum absolute atomic E-state index is 10.6. The first kappa shape index (κ1) is 19.3. The first-order valence-electron chi connectivity index (χ1n) is 6.05. The molecule has 0 aromatic rings. The fraction of sp³-hybridized carbons (Fsp3) is 0.833. The van der Waals surface area contributed by atoms with Gasteiger partial charge in [-0.2, -0.15) is 0 Å². The molecule has 0 saturated carbocycles. The van der Waals surface area contributed by atoms with Crippen LogP contribution < -0.4 is 29.6 Å². The molecule has 0 fully saturated rings. The number of carbonyl (C=O) groups is 2. The largest absolute Gasteiger partial charge is 1.00 e. The Morgan fingerprint density at radius 2 is 1.35 bits per heavy atom. The number of aliphatic carboxylic acids is 2. The van der Waals surface area contributed by atoms with Crippen molar-refractivity contribution in [2.45, 2.75) is 58.3 Å². The van der Waals surface area contributed by atoms with E-state index in [2.05, 4.69) is 6.92 Å². The molecule has 0 rings (SSSR count). The molecule has 0 aliphatic rings. The Labute approximate surface area is 127 Å². The van der Waals surface area contributed by atoms with Gasteiger partial charge in [0.15, 0.2) is 5.92 Å². The van der Waals surface area contributed by atoms with E-state index >= 15 is 0 Å². The Morgan fingerprint density at radius 3 is 1.76 bits per heavy atom. The average molecular weight is 254 g/mol. The molecule has 4 nitrogen and oxygen atoms in total. The summed E-state index contributed by atoms with van der Waals surface area (Å²) in [7, 11) is 0. The van der Waals surface area contributed by atoms with Crippen molar-refractivity contribution < 1.29 is 50.8 Å². The van der Waals surface area contributed by atoms with E-state index in [1.54, 1.807) is 0 Å². The number of rotatable bonds is 10. The predicted octanol–water partition coefficient (Wildman–Crippen LogP) is 0.0290. The zero-order valence-electron chi connectivity index (χ0n) is 11.9. The summed E-state index contributed by atoms with van der Waals surface area (Å²) in [6, 6.07) is 0. The van der Waals surface area contributed by atoms with Crippen LogP contribution in [0.5, 0.6) is 0 Å². The van der Waals surface area contributed by atoms with E-state index in [9.17, 15) is 9.59 Å². The van der Waals surface area contributed by atoms with Crippen LogP contribution in [0.15, 0.2) is 0 Å². The van der Waals surface area contributed by atoms with E-state index in [4.69, 9.17) is 10.2 Å². The van der Waals surface area contributed by atoms with Crippen molar-refractivity contribution in [1.82, 2.24) is 0 Å². The van der Waals surface area contributed by atoms with Gasteiger partial charge < -0.3 is 11.6 Å². The molecule has 2 N–H and O–H groups in total. The maximum atomic E-state index is 10.6. The molecule has 0 bridgehead atoms. The van der Waals surface area contributed by atoms with Gasteiger partial charge in [0.25, 0.3) is 0 Å². The summed E-state index contributed by atoms with van der Waals surface area (Å²) in [6.07, 6.45) is 7.78. The first-order valence-corrected chi connectivity index (χ1v) is 6.05. The zero-order chi connectivity index (χ0) is 12.4. The smallest absolute Gasteiger partial charge is 1.00 e. The topological polar surface area (TPSA) is 74.6 Å². The molecule has 0 heterocycles. The molecule has 0 aromatic heterocycles. The SMILES string of the molecule is CCCCCCCCCC(C(=O)O)C(=O)O.[H-].[Na+]. The molecule has 0 saturated heterocycles. The van der Waals surface area contributed by atoms with Gasteiger partial charge in [0, 0.05) is 0 Å². The minimum absolute atomic E-state index is 0. The van der Waals surface area contributed by atoms with E-state index in [1.165, 1.54) is 25.7 Å². The summed E-state index contributed by atoms with van der Waals surface area (Å²) >= 11 is 0. The second-order valence-electron chi connectivity index (χ2n) is 4.14. The Morgan fingerprint density at radius 1 is 0.941 bits per heavy atom. The molecule has 17 heavy (non-hydrogen) atoms. The Bertz CT molecular complexity index is 210. The molecule has 0 aliphatic carbocycles. The minimum Gasteiger partial charge on any atom is -1.00 e. The molecule has 0 spiro atoms. The summed E-state index contributed by atoms with van der Waals surface area (Å²) in [6.45, 7) is 2.16. The van der Waals surface area contributed by atoms with Crippen molar-refractivity contribution in [1.29, 1.82) is 0 Å². The molecular formula is C12H23NaO4. The second-order valence-corrected chi connectivity index (χ2v) is 4.14. The van der Waals surface area contributed by atoms with Crippen LogP contribution in [0.25, 0.3) is 0 Å². The van der Waals surface area contributed by atoms with E-state index in [1.807, 2.05) is 0 Å². The van der Waals surface area contributed by atoms with Crippen molar-refractivity contribution in [3.05, 3.63) is 0 Å². The Kier molecular flexibility index (Phi) is 14.1. The fourth-order valence-electron chi connectivity index (χ4n) is 1.66.